The average Bonchev–Trinajstić information content (AvgIpc) is 3.01. The number of ether oxygens (including phenoxy) is 1. The third-order valence-electron chi connectivity index (χ3n) is 3.44. The Balaban J connectivity index is 2.07. The first-order chi connectivity index (χ1) is 10.1. The molecule has 2 rings (SSSR count). The van der Waals surface area contributed by atoms with Crippen LogP contribution in [0.4, 0.5) is 0 Å². The van der Waals surface area contributed by atoms with Gasteiger partial charge in [0, 0.05) is 13.0 Å². The first-order valence-corrected chi connectivity index (χ1v) is 6.81. The summed E-state index contributed by atoms with van der Waals surface area (Å²) in [6, 6.07) is 8.13. The van der Waals surface area contributed by atoms with Crippen LogP contribution >= 0.6 is 0 Å². The summed E-state index contributed by atoms with van der Waals surface area (Å²) >= 11 is 0. The molecule has 110 valence electrons. The predicted octanol–water partition coefficient (Wildman–Crippen LogP) is 0.250. The van der Waals surface area contributed by atoms with Crippen LogP contribution in [0.3, 0.4) is 0 Å². The normalized spacial score (nSPS) is 18.7. The van der Waals surface area contributed by atoms with Gasteiger partial charge in [-0.2, -0.15) is 5.26 Å². The van der Waals surface area contributed by atoms with E-state index in [9.17, 15) is 9.59 Å². The van der Waals surface area contributed by atoms with Gasteiger partial charge < -0.3 is 15.8 Å². The molecule has 0 unspecified atom stereocenters. The molecule has 1 heterocycles. The van der Waals surface area contributed by atoms with Gasteiger partial charge in [-0.05, 0) is 24.5 Å². The molecular formula is C15H17N3O3. The van der Waals surface area contributed by atoms with E-state index in [1.54, 1.807) is 24.3 Å². The van der Waals surface area contributed by atoms with Crippen molar-refractivity contribution in [3.05, 3.63) is 35.4 Å². The molecule has 6 nitrogen and oxygen atoms in total. The van der Waals surface area contributed by atoms with Gasteiger partial charge in [0.05, 0.1) is 11.6 Å². The number of rotatable bonds is 5. The van der Waals surface area contributed by atoms with E-state index in [2.05, 4.69) is 11.4 Å². The van der Waals surface area contributed by atoms with E-state index in [1.165, 1.54) is 0 Å². The lowest BCUT2D eigenvalue weighted by molar-refractivity contribution is -0.133. The number of primary amides is 1. The van der Waals surface area contributed by atoms with E-state index >= 15 is 0 Å². The van der Waals surface area contributed by atoms with Crippen LogP contribution in [0.15, 0.2) is 24.3 Å². The Bertz CT molecular complexity index is 574. The number of carbonyl (C=O) groups excluding carboxylic acids is 2. The lowest BCUT2D eigenvalue weighted by Crippen LogP contribution is -2.49. The molecule has 0 spiro atoms. The highest BCUT2D eigenvalue weighted by atomic mass is 16.5. The zero-order chi connectivity index (χ0) is 15.2. The monoisotopic (exact) mass is 287 g/mol. The standard InChI is InChI=1S/C15H17N3O3/c16-9-11-5-2-1-4-10(11)8-12(14(17)19)18-15(20)13-6-3-7-21-13/h1-2,4-5,12-13H,3,6-8H2,(H2,17,19)(H,18,20)/t12-,13+/m1/s1. The molecule has 1 aliphatic rings. The smallest absolute Gasteiger partial charge is 0.249 e. The highest BCUT2D eigenvalue weighted by Gasteiger charge is 2.27. The number of amides is 2. The summed E-state index contributed by atoms with van der Waals surface area (Å²) in [5.41, 5.74) is 6.49. The number of benzene rings is 1. The highest BCUT2D eigenvalue weighted by Crippen LogP contribution is 2.14. The van der Waals surface area contributed by atoms with Crippen LogP contribution in [-0.2, 0) is 20.7 Å². The number of hydrogen-bond acceptors (Lipinski definition) is 4. The summed E-state index contributed by atoms with van der Waals surface area (Å²) in [4.78, 5) is 23.5. The fourth-order valence-corrected chi connectivity index (χ4v) is 2.30. The van der Waals surface area contributed by atoms with Gasteiger partial charge in [0.25, 0.3) is 0 Å². The Kier molecular flexibility index (Phi) is 4.90. The van der Waals surface area contributed by atoms with Crippen molar-refractivity contribution in [1.82, 2.24) is 5.32 Å². The van der Waals surface area contributed by atoms with Crippen LogP contribution in [0.2, 0.25) is 0 Å². The number of nitrogens with two attached hydrogens (primary N) is 1. The van der Waals surface area contributed by atoms with Gasteiger partial charge in [0.1, 0.15) is 12.1 Å². The molecule has 1 aromatic rings. The van der Waals surface area contributed by atoms with Crippen molar-refractivity contribution in [3.8, 4) is 6.07 Å². The van der Waals surface area contributed by atoms with E-state index in [4.69, 9.17) is 15.7 Å². The van der Waals surface area contributed by atoms with Crippen molar-refractivity contribution in [3.63, 3.8) is 0 Å². The van der Waals surface area contributed by atoms with E-state index < -0.39 is 18.1 Å². The molecule has 3 N–H and O–H groups in total. The molecule has 1 aliphatic heterocycles. The summed E-state index contributed by atoms with van der Waals surface area (Å²) < 4.78 is 5.27. The molecule has 2 amide bonds. The van der Waals surface area contributed by atoms with Crippen molar-refractivity contribution in [2.24, 2.45) is 5.73 Å². The minimum Gasteiger partial charge on any atom is -0.368 e. The number of nitrogens with zero attached hydrogens (tertiary/aromatic N) is 1. The molecule has 0 bridgehead atoms. The summed E-state index contributed by atoms with van der Waals surface area (Å²) in [6.45, 7) is 0.552. The van der Waals surface area contributed by atoms with E-state index in [0.717, 1.165) is 6.42 Å². The number of nitriles is 1. The Morgan fingerprint density at radius 2 is 2.24 bits per heavy atom. The summed E-state index contributed by atoms with van der Waals surface area (Å²) in [7, 11) is 0. The maximum absolute atomic E-state index is 12.0. The average molecular weight is 287 g/mol. The SMILES string of the molecule is N#Cc1ccccc1C[C@@H](NC(=O)[C@@H]1CCCO1)C(N)=O. The second kappa shape index (κ2) is 6.86. The summed E-state index contributed by atoms with van der Waals surface area (Å²) in [5, 5.41) is 11.7. The molecular weight excluding hydrogens is 270 g/mol. The lowest BCUT2D eigenvalue weighted by atomic mass is 10.00. The Morgan fingerprint density at radius 3 is 2.86 bits per heavy atom. The van der Waals surface area contributed by atoms with Gasteiger partial charge in [-0.1, -0.05) is 18.2 Å². The molecule has 2 atom stereocenters. The van der Waals surface area contributed by atoms with Crippen molar-refractivity contribution in [1.29, 1.82) is 5.26 Å². The Hall–Kier alpha value is -2.39. The molecule has 1 fully saturated rings. The zero-order valence-corrected chi connectivity index (χ0v) is 11.5. The van der Waals surface area contributed by atoms with Gasteiger partial charge in [0.2, 0.25) is 11.8 Å². The second-order valence-corrected chi connectivity index (χ2v) is 4.94. The molecule has 21 heavy (non-hydrogen) atoms. The number of nitrogens with one attached hydrogen (secondary N) is 1. The highest BCUT2D eigenvalue weighted by molar-refractivity contribution is 5.88. The maximum Gasteiger partial charge on any atom is 0.249 e. The molecule has 1 saturated heterocycles. The van der Waals surface area contributed by atoms with Gasteiger partial charge in [-0.15, -0.1) is 0 Å². The van der Waals surface area contributed by atoms with Crippen molar-refractivity contribution < 1.29 is 14.3 Å². The number of hydrogen-bond donors (Lipinski definition) is 2. The molecule has 0 saturated carbocycles. The van der Waals surface area contributed by atoms with Crippen molar-refractivity contribution in [2.45, 2.75) is 31.4 Å². The van der Waals surface area contributed by atoms with Gasteiger partial charge in [-0.25, -0.2) is 0 Å². The van der Waals surface area contributed by atoms with Crippen molar-refractivity contribution in [2.75, 3.05) is 6.61 Å². The van der Waals surface area contributed by atoms with Gasteiger partial charge >= 0.3 is 0 Å². The zero-order valence-electron chi connectivity index (χ0n) is 11.5. The van der Waals surface area contributed by atoms with Crippen LogP contribution in [0, 0.1) is 11.3 Å². The van der Waals surface area contributed by atoms with Crippen LogP contribution in [0.5, 0.6) is 0 Å². The minimum absolute atomic E-state index is 0.192. The van der Waals surface area contributed by atoms with Gasteiger partial charge in [-0.3, -0.25) is 9.59 Å². The Morgan fingerprint density at radius 1 is 1.48 bits per heavy atom. The van der Waals surface area contributed by atoms with E-state index in [0.29, 0.717) is 24.2 Å². The molecule has 0 aromatic heterocycles. The van der Waals surface area contributed by atoms with Crippen LogP contribution < -0.4 is 11.1 Å². The van der Waals surface area contributed by atoms with Crippen LogP contribution in [-0.4, -0.2) is 30.6 Å². The van der Waals surface area contributed by atoms with Crippen LogP contribution in [0.1, 0.15) is 24.0 Å². The second-order valence-electron chi connectivity index (χ2n) is 4.94. The van der Waals surface area contributed by atoms with E-state index in [-0.39, 0.29) is 12.3 Å². The number of carbonyl (C=O) groups is 2. The first-order valence-electron chi connectivity index (χ1n) is 6.81. The quantitative estimate of drug-likeness (QED) is 0.809. The fourth-order valence-electron chi connectivity index (χ4n) is 2.30. The van der Waals surface area contributed by atoms with Gasteiger partial charge in [0.15, 0.2) is 0 Å². The summed E-state index contributed by atoms with van der Waals surface area (Å²) in [6.07, 6.45) is 1.15. The topological polar surface area (TPSA) is 105 Å². The summed E-state index contributed by atoms with van der Waals surface area (Å²) in [5.74, 6) is -0.958. The first kappa shape index (κ1) is 15.0. The predicted molar refractivity (Wildman–Crippen MR) is 75.0 cm³/mol. The third kappa shape index (κ3) is 3.80. The lowest BCUT2D eigenvalue weighted by Gasteiger charge is -2.18. The van der Waals surface area contributed by atoms with E-state index in [1.807, 2.05) is 0 Å². The van der Waals surface area contributed by atoms with Crippen molar-refractivity contribution >= 4 is 11.8 Å². The molecule has 0 radical (unpaired) electrons. The molecule has 0 aliphatic carbocycles. The molecule has 1 aromatic carbocycles. The van der Waals surface area contributed by atoms with Crippen LogP contribution in [0.25, 0.3) is 0 Å². The maximum atomic E-state index is 12.0. The third-order valence-corrected chi connectivity index (χ3v) is 3.44. The molecule has 6 heteroatoms. The largest absolute Gasteiger partial charge is 0.368 e. The Labute approximate surface area is 122 Å². The fraction of sp³-hybridized carbons (Fsp3) is 0.400. The minimum atomic E-state index is -0.851.